The number of rotatable bonds is 5. The van der Waals surface area contributed by atoms with Crippen molar-refractivity contribution in [3.8, 4) is 11.3 Å². The van der Waals surface area contributed by atoms with Crippen molar-refractivity contribution >= 4 is 5.52 Å². The molecule has 3 aromatic heterocycles. The minimum Gasteiger partial charge on any atom is -0.387 e. The van der Waals surface area contributed by atoms with Crippen LogP contribution in [0.2, 0.25) is 0 Å². The van der Waals surface area contributed by atoms with Crippen LogP contribution in [0.4, 0.5) is 4.39 Å². The van der Waals surface area contributed by atoms with Crippen molar-refractivity contribution in [1.29, 1.82) is 0 Å². The highest BCUT2D eigenvalue weighted by Crippen LogP contribution is 2.53. The summed E-state index contributed by atoms with van der Waals surface area (Å²) in [6.07, 6.45) is 12.3. The number of methoxy groups -OCH3 is 1. The fourth-order valence-electron chi connectivity index (χ4n) is 6.81. The van der Waals surface area contributed by atoms with Crippen molar-refractivity contribution < 1.29 is 14.2 Å². The topological polar surface area (TPSA) is 59.7 Å². The first-order valence-corrected chi connectivity index (χ1v) is 12.9. The van der Waals surface area contributed by atoms with Gasteiger partial charge in [0, 0.05) is 36.2 Å². The summed E-state index contributed by atoms with van der Waals surface area (Å²) < 4.78 is 21.1. The number of benzene rings is 1. The molecule has 36 heavy (non-hydrogen) atoms. The molecule has 0 saturated heterocycles. The number of aliphatic hydroxyl groups is 1. The lowest BCUT2D eigenvalue weighted by Crippen LogP contribution is -2.51. The number of aromatic nitrogens is 3. The van der Waals surface area contributed by atoms with Crippen LogP contribution in [0.3, 0.4) is 0 Å². The van der Waals surface area contributed by atoms with Gasteiger partial charge in [-0.15, -0.1) is 0 Å². The molecule has 1 aromatic carbocycles. The number of imidazole rings is 1. The van der Waals surface area contributed by atoms with Crippen LogP contribution in [0.5, 0.6) is 0 Å². The number of fused-ring (bicyclic) bond motifs is 4. The zero-order chi connectivity index (χ0) is 24.8. The minimum absolute atomic E-state index is 0.116. The summed E-state index contributed by atoms with van der Waals surface area (Å²) >= 11 is 0. The van der Waals surface area contributed by atoms with E-state index in [4.69, 9.17) is 14.7 Å². The van der Waals surface area contributed by atoms with Gasteiger partial charge in [0.1, 0.15) is 5.82 Å². The van der Waals surface area contributed by atoms with Gasteiger partial charge in [0.25, 0.3) is 0 Å². The quantitative estimate of drug-likeness (QED) is 0.404. The normalized spacial score (nSPS) is 25.8. The lowest BCUT2D eigenvalue weighted by atomic mass is 9.56. The second-order valence-electron chi connectivity index (χ2n) is 10.7. The van der Waals surface area contributed by atoms with E-state index in [-0.39, 0.29) is 11.2 Å². The van der Waals surface area contributed by atoms with E-state index in [2.05, 4.69) is 28.8 Å². The summed E-state index contributed by atoms with van der Waals surface area (Å²) in [5.41, 5.74) is 5.71. The second-order valence-corrected chi connectivity index (χ2v) is 10.7. The van der Waals surface area contributed by atoms with E-state index in [0.717, 1.165) is 61.0 Å². The van der Waals surface area contributed by atoms with Crippen LogP contribution in [0.25, 0.3) is 16.8 Å². The molecule has 6 rings (SSSR count). The average Bonchev–Trinajstić information content (AvgIpc) is 3.23. The van der Waals surface area contributed by atoms with Gasteiger partial charge in [0.05, 0.1) is 29.7 Å². The van der Waals surface area contributed by atoms with E-state index in [1.54, 1.807) is 19.2 Å². The summed E-state index contributed by atoms with van der Waals surface area (Å²) in [4.78, 5) is 9.43. The molecule has 5 nitrogen and oxygen atoms in total. The molecule has 3 unspecified atom stereocenters. The van der Waals surface area contributed by atoms with Crippen LogP contribution in [0.15, 0.2) is 67.3 Å². The first-order chi connectivity index (χ1) is 17.5. The Morgan fingerprint density at radius 1 is 1.14 bits per heavy atom. The molecular weight excluding hydrogens is 453 g/mol. The Labute approximate surface area is 211 Å². The summed E-state index contributed by atoms with van der Waals surface area (Å²) in [5.74, 6) is 0.0802. The maximum Gasteiger partial charge on any atom is 0.123 e. The van der Waals surface area contributed by atoms with Gasteiger partial charge in [0.2, 0.25) is 0 Å². The van der Waals surface area contributed by atoms with Crippen molar-refractivity contribution in [3.63, 3.8) is 0 Å². The molecule has 1 saturated carbocycles. The van der Waals surface area contributed by atoms with E-state index >= 15 is 0 Å². The maximum atomic E-state index is 13.5. The van der Waals surface area contributed by atoms with Gasteiger partial charge in [-0.2, -0.15) is 0 Å². The van der Waals surface area contributed by atoms with Crippen molar-refractivity contribution in [3.05, 3.63) is 89.9 Å². The SMILES string of the molecule is COCC1(O)CCC2(Cc3ccccn3)c3cn4cnc(-c5ccc(F)cc5)c4cc3CCCC2C1. The third-order valence-electron chi connectivity index (χ3n) is 8.49. The van der Waals surface area contributed by atoms with E-state index in [1.807, 2.05) is 18.6 Å². The smallest absolute Gasteiger partial charge is 0.123 e. The number of halogens is 1. The number of nitrogens with zero attached hydrogens (tertiary/aromatic N) is 3. The van der Waals surface area contributed by atoms with Crippen LogP contribution in [0.1, 0.15) is 48.9 Å². The first kappa shape index (κ1) is 23.3. The van der Waals surface area contributed by atoms with E-state index in [0.29, 0.717) is 18.9 Å². The summed E-state index contributed by atoms with van der Waals surface area (Å²) in [6.45, 7) is 0.373. The van der Waals surface area contributed by atoms with Crippen LogP contribution in [0, 0.1) is 11.7 Å². The zero-order valence-electron chi connectivity index (χ0n) is 20.7. The molecule has 2 aliphatic rings. The largest absolute Gasteiger partial charge is 0.387 e. The van der Waals surface area contributed by atoms with Crippen LogP contribution in [-0.4, -0.2) is 38.8 Å². The molecule has 4 aromatic rings. The second kappa shape index (κ2) is 9.09. The highest BCUT2D eigenvalue weighted by Gasteiger charge is 2.51. The average molecular weight is 486 g/mol. The molecule has 0 bridgehead atoms. The number of pyridine rings is 2. The van der Waals surface area contributed by atoms with E-state index < -0.39 is 5.60 Å². The Kier molecular flexibility index (Phi) is 5.89. The Balaban J connectivity index is 1.49. The monoisotopic (exact) mass is 485 g/mol. The third kappa shape index (κ3) is 4.02. The van der Waals surface area contributed by atoms with Crippen molar-refractivity contribution in [2.45, 2.75) is 56.0 Å². The van der Waals surface area contributed by atoms with Gasteiger partial charge < -0.3 is 14.2 Å². The molecule has 0 aliphatic heterocycles. The summed E-state index contributed by atoms with van der Waals surface area (Å²) in [5, 5.41) is 11.4. The lowest BCUT2D eigenvalue weighted by Gasteiger charge is -2.50. The Bertz CT molecular complexity index is 1370. The Morgan fingerprint density at radius 3 is 2.78 bits per heavy atom. The zero-order valence-corrected chi connectivity index (χ0v) is 20.7. The molecule has 1 N–H and O–H groups in total. The molecule has 3 atom stereocenters. The van der Waals surface area contributed by atoms with Crippen LogP contribution in [-0.2, 0) is 23.0 Å². The molecule has 0 amide bonds. The molecule has 6 heteroatoms. The lowest BCUT2D eigenvalue weighted by molar-refractivity contribution is -0.0899. The molecule has 0 spiro atoms. The van der Waals surface area contributed by atoms with Gasteiger partial charge in [-0.3, -0.25) is 4.98 Å². The Hall–Kier alpha value is -3.09. The first-order valence-electron chi connectivity index (χ1n) is 12.9. The predicted octanol–water partition coefficient (Wildman–Crippen LogP) is 5.53. The van der Waals surface area contributed by atoms with Crippen LogP contribution < -0.4 is 0 Å². The number of aryl methyl sites for hydroxylation is 1. The highest BCUT2D eigenvalue weighted by atomic mass is 19.1. The molecular formula is C30H32FN3O2. The van der Waals surface area contributed by atoms with Crippen LogP contribution >= 0.6 is 0 Å². The van der Waals surface area contributed by atoms with Gasteiger partial charge in [-0.25, -0.2) is 9.37 Å². The number of hydrogen-bond acceptors (Lipinski definition) is 4. The van der Waals surface area contributed by atoms with E-state index in [9.17, 15) is 9.50 Å². The standard InChI is InChI=1S/C30H32FN3O2/c1-36-19-29(35)12-13-30(17-25-7-2-3-14-32-25)23(16-29)6-4-5-22-15-27-28(21-8-10-24(31)11-9-21)33-20-34(27)18-26(22)30/h2-3,7-11,14-15,18,20,23,35H,4-6,12-13,16-17,19H2,1H3. The molecule has 0 radical (unpaired) electrons. The fraction of sp³-hybridized carbons (Fsp3) is 0.400. The van der Waals surface area contributed by atoms with Crippen molar-refractivity contribution in [1.82, 2.24) is 14.4 Å². The van der Waals surface area contributed by atoms with Gasteiger partial charge in [-0.1, -0.05) is 6.07 Å². The van der Waals surface area contributed by atoms with Gasteiger partial charge >= 0.3 is 0 Å². The molecule has 186 valence electrons. The van der Waals surface area contributed by atoms with Gasteiger partial charge in [-0.05, 0) is 104 Å². The Morgan fingerprint density at radius 2 is 2.00 bits per heavy atom. The maximum absolute atomic E-state index is 13.5. The molecule has 1 fully saturated rings. The van der Waals surface area contributed by atoms with Crippen molar-refractivity contribution in [2.75, 3.05) is 13.7 Å². The molecule has 2 aliphatic carbocycles. The van der Waals surface area contributed by atoms with Crippen molar-refractivity contribution in [2.24, 2.45) is 5.92 Å². The number of hydrogen-bond donors (Lipinski definition) is 1. The fourth-order valence-corrected chi connectivity index (χ4v) is 6.81. The predicted molar refractivity (Wildman–Crippen MR) is 137 cm³/mol. The summed E-state index contributed by atoms with van der Waals surface area (Å²) in [7, 11) is 1.67. The number of ether oxygens (including phenoxy) is 1. The summed E-state index contributed by atoms with van der Waals surface area (Å²) in [6, 6.07) is 15.0. The highest BCUT2D eigenvalue weighted by molar-refractivity contribution is 5.78. The molecule has 3 heterocycles. The van der Waals surface area contributed by atoms with Gasteiger partial charge in [0.15, 0.2) is 0 Å². The minimum atomic E-state index is -0.785. The van der Waals surface area contributed by atoms with E-state index in [1.165, 1.54) is 23.3 Å². The third-order valence-corrected chi connectivity index (χ3v) is 8.49.